The van der Waals surface area contributed by atoms with Gasteiger partial charge in [-0.05, 0) is 37.6 Å². The van der Waals surface area contributed by atoms with E-state index in [-0.39, 0.29) is 18.4 Å². The van der Waals surface area contributed by atoms with Gasteiger partial charge in [-0.25, -0.2) is 9.37 Å². The first-order valence-electron chi connectivity index (χ1n) is 7.15. The second-order valence-electron chi connectivity index (χ2n) is 5.21. The summed E-state index contributed by atoms with van der Waals surface area (Å²) in [5.41, 5.74) is 1.71. The molecule has 6 heteroatoms. The fourth-order valence-electron chi connectivity index (χ4n) is 2.11. The molecule has 0 saturated carbocycles. The molecule has 0 saturated heterocycles. The van der Waals surface area contributed by atoms with Crippen molar-refractivity contribution in [3.8, 4) is 10.6 Å². The topological polar surface area (TPSA) is 53.4 Å². The highest BCUT2D eigenvalue weighted by molar-refractivity contribution is 7.13. The fraction of sp³-hybridized carbons (Fsp3) is 0.375. The van der Waals surface area contributed by atoms with Crippen LogP contribution in [0.15, 0.2) is 29.6 Å². The summed E-state index contributed by atoms with van der Waals surface area (Å²) in [6.07, 6.45) is 0.877. The number of rotatable bonds is 7. The molecule has 0 fully saturated rings. The van der Waals surface area contributed by atoms with Crippen LogP contribution < -0.4 is 0 Å². The van der Waals surface area contributed by atoms with E-state index in [1.54, 1.807) is 12.1 Å². The molecule has 0 aliphatic carbocycles. The van der Waals surface area contributed by atoms with Crippen molar-refractivity contribution in [1.29, 1.82) is 0 Å². The van der Waals surface area contributed by atoms with Crippen molar-refractivity contribution >= 4 is 17.3 Å². The van der Waals surface area contributed by atoms with E-state index < -0.39 is 5.97 Å². The van der Waals surface area contributed by atoms with Gasteiger partial charge in [-0.1, -0.05) is 6.92 Å². The SMILES string of the molecule is CCC(C)N(CC(=O)O)Cc1csc(-c2ccc(F)cc2)n1. The number of nitrogens with zero attached hydrogens (tertiary/aromatic N) is 2. The molecule has 0 aliphatic rings. The van der Waals surface area contributed by atoms with Crippen LogP contribution in [0.3, 0.4) is 0 Å². The van der Waals surface area contributed by atoms with Crippen molar-refractivity contribution < 1.29 is 14.3 Å². The highest BCUT2D eigenvalue weighted by Gasteiger charge is 2.17. The molecular weight excluding hydrogens is 303 g/mol. The molecule has 2 aromatic rings. The molecule has 1 atom stereocenters. The highest BCUT2D eigenvalue weighted by Crippen LogP contribution is 2.24. The van der Waals surface area contributed by atoms with E-state index in [9.17, 15) is 9.18 Å². The zero-order chi connectivity index (χ0) is 16.1. The number of hydrogen-bond acceptors (Lipinski definition) is 4. The van der Waals surface area contributed by atoms with Gasteiger partial charge in [-0.3, -0.25) is 9.69 Å². The molecule has 1 N–H and O–H groups in total. The van der Waals surface area contributed by atoms with Gasteiger partial charge in [0.05, 0.1) is 12.2 Å². The Bertz CT molecular complexity index is 627. The summed E-state index contributed by atoms with van der Waals surface area (Å²) in [5.74, 6) is -1.11. The molecule has 118 valence electrons. The number of aliphatic carboxylic acids is 1. The molecule has 4 nitrogen and oxygen atoms in total. The summed E-state index contributed by atoms with van der Waals surface area (Å²) in [7, 11) is 0. The van der Waals surface area contributed by atoms with E-state index in [1.165, 1.54) is 23.5 Å². The van der Waals surface area contributed by atoms with Gasteiger partial charge in [0.15, 0.2) is 0 Å². The first-order valence-corrected chi connectivity index (χ1v) is 8.03. The van der Waals surface area contributed by atoms with Gasteiger partial charge in [-0.15, -0.1) is 11.3 Å². The minimum Gasteiger partial charge on any atom is -0.480 e. The number of carboxylic acids is 1. The van der Waals surface area contributed by atoms with Crippen LogP contribution in [0.5, 0.6) is 0 Å². The minimum absolute atomic E-state index is 0.00157. The van der Waals surface area contributed by atoms with E-state index in [2.05, 4.69) is 4.98 Å². The number of benzene rings is 1. The fourth-order valence-corrected chi connectivity index (χ4v) is 2.93. The first kappa shape index (κ1) is 16.6. The van der Waals surface area contributed by atoms with Crippen molar-refractivity contribution in [3.63, 3.8) is 0 Å². The zero-order valence-corrected chi connectivity index (χ0v) is 13.4. The van der Waals surface area contributed by atoms with Crippen LogP contribution in [0.2, 0.25) is 0 Å². The average Bonchev–Trinajstić information content (AvgIpc) is 2.94. The maximum atomic E-state index is 12.9. The van der Waals surface area contributed by atoms with Gasteiger partial charge in [0.1, 0.15) is 10.8 Å². The molecular formula is C16H19FN2O2S. The quantitative estimate of drug-likeness (QED) is 0.845. The third-order valence-corrected chi connectivity index (χ3v) is 4.50. The van der Waals surface area contributed by atoms with Gasteiger partial charge in [-0.2, -0.15) is 0 Å². The number of aromatic nitrogens is 1. The Hall–Kier alpha value is -1.79. The summed E-state index contributed by atoms with van der Waals surface area (Å²) in [6.45, 7) is 4.54. The van der Waals surface area contributed by atoms with Crippen molar-refractivity contribution in [2.45, 2.75) is 32.9 Å². The lowest BCUT2D eigenvalue weighted by Gasteiger charge is -2.25. The first-order chi connectivity index (χ1) is 10.5. The number of thiazole rings is 1. The Morgan fingerprint density at radius 2 is 2.09 bits per heavy atom. The lowest BCUT2D eigenvalue weighted by molar-refractivity contribution is -0.139. The number of carbonyl (C=O) groups is 1. The summed E-state index contributed by atoms with van der Waals surface area (Å²) in [4.78, 5) is 17.4. The maximum Gasteiger partial charge on any atom is 0.317 e. The van der Waals surface area contributed by atoms with E-state index in [0.717, 1.165) is 22.7 Å². The van der Waals surface area contributed by atoms with E-state index in [1.807, 2.05) is 24.1 Å². The van der Waals surface area contributed by atoms with Crippen molar-refractivity contribution in [3.05, 3.63) is 41.2 Å². The van der Waals surface area contributed by atoms with Crippen LogP contribution in [0, 0.1) is 5.82 Å². The van der Waals surface area contributed by atoms with Crippen molar-refractivity contribution in [2.24, 2.45) is 0 Å². The third-order valence-electron chi connectivity index (χ3n) is 3.56. The smallest absolute Gasteiger partial charge is 0.317 e. The van der Waals surface area contributed by atoms with Gasteiger partial charge < -0.3 is 5.11 Å². The Kier molecular flexibility index (Phi) is 5.63. The van der Waals surface area contributed by atoms with Crippen molar-refractivity contribution in [2.75, 3.05) is 6.54 Å². The van der Waals surface area contributed by atoms with Gasteiger partial charge >= 0.3 is 5.97 Å². The van der Waals surface area contributed by atoms with Crippen LogP contribution >= 0.6 is 11.3 Å². The molecule has 0 spiro atoms. The molecule has 0 amide bonds. The Labute approximate surface area is 133 Å². The summed E-state index contributed by atoms with van der Waals surface area (Å²) < 4.78 is 12.9. The Morgan fingerprint density at radius 1 is 1.41 bits per heavy atom. The lowest BCUT2D eigenvalue weighted by Crippen LogP contribution is -2.36. The second-order valence-corrected chi connectivity index (χ2v) is 6.06. The molecule has 2 rings (SSSR count). The predicted molar refractivity (Wildman–Crippen MR) is 85.3 cm³/mol. The largest absolute Gasteiger partial charge is 0.480 e. The second kappa shape index (κ2) is 7.47. The molecule has 0 radical (unpaired) electrons. The van der Waals surface area contributed by atoms with Crippen molar-refractivity contribution in [1.82, 2.24) is 9.88 Å². The maximum absolute atomic E-state index is 12.9. The molecule has 0 bridgehead atoms. The monoisotopic (exact) mass is 322 g/mol. The standard InChI is InChI=1S/C16H19FN2O2S/c1-3-11(2)19(9-15(20)21)8-14-10-22-16(18-14)12-4-6-13(17)7-5-12/h4-7,10-11H,3,8-9H2,1-2H3,(H,20,21). The molecule has 1 aromatic carbocycles. The zero-order valence-electron chi connectivity index (χ0n) is 12.6. The molecule has 1 heterocycles. The Morgan fingerprint density at radius 3 is 2.68 bits per heavy atom. The van der Waals surface area contributed by atoms with Crippen LogP contribution in [0.4, 0.5) is 4.39 Å². The van der Waals surface area contributed by atoms with Crippen LogP contribution in [0.1, 0.15) is 26.0 Å². The van der Waals surface area contributed by atoms with E-state index in [4.69, 9.17) is 5.11 Å². The number of carboxylic acid groups (broad SMARTS) is 1. The normalized spacial score (nSPS) is 12.5. The summed E-state index contributed by atoms with van der Waals surface area (Å²) >= 11 is 1.48. The van der Waals surface area contributed by atoms with Crippen LogP contribution in [-0.4, -0.2) is 33.5 Å². The van der Waals surface area contributed by atoms with Gasteiger partial charge in [0, 0.05) is 23.5 Å². The van der Waals surface area contributed by atoms with Crippen LogP contribution in [0.25, 0.3) is 10.6 Å². The predicted octanol–water partition coefficient (Wildman–Crippen LogP) is 3.63. The number of hydrogen-bond donors (Lipinski definition) is 1. The van der Waals surface area contributed by atoms with Gasteiger partial charge in [0.2, 0.25) is 0 Å². The van der Waals surface area contributed by atoms with E-state index >= 15 is 0 Å². The van der Waals surface area contributed by atoms with E-state index in [0.29, 0.717) is 6.54 Å². The summed E-state index contributed by atoms with van der Waals surface area (Å²) in [5, 5.41) is 11.8. The average molecular weight is 322 g/mol. The van der Waals surface area contributed by atoms with Gasteiger partial charge in [0.25, 0.3) is 0 Å². The molecule has 0 aliphatic heterocycles. The minimum atomic E-state index is -0.839. The third kappa shape index (κ3) is 4.35. The molecule has 22 heavy (non-hydrogen) atoms. The highest BCUT2D eigenvalue weighted by atomic mass is 32.1. The molecule has 1 aromatic heterocycles. The Balaban J connectivity index is 2.12. The number of halogens is 1. The summed E-state index contributed by atoms with van der Waals surface area (Å²) in [6, 6.07) is 6.38. The lowest BCUT2D eigenvalue weighted by atomic mass is 10.2. The molecule has 1 unspecified atom stereocenters. The van der Waals surface area contributed by atoms with Crippen LogP contribution in [-0.2, 0) is 11.3 Å².